The van der Waals surface area contributed by atoms with E-state index >= 15 is 0 Å². The molecule has 5 heteroatoms. The topological polar surface area (TPSA) is 59.0 Å². The van der Waals surface area contributed by atoms with Gasteiger partial charge in [-0.15, -0.1) is 0 Å². The summed E-state index contributed by atoms with van der Waals surface area (Å²) in [6.07, 6.45) is 6.10. The number of hydrogen-bond acceptors (Lipinski definition) is 3. The third-order valence-electron chi connectivity index (χ3n) is 6.69. The Kier molecular flexibility index (Phi) is 5.83. The highest BCUT2D eigenvalue weighted by Crippen LogP contribution is 2.47. The molecule has 3 aromatic rings. The summed E-state index contributed by atoms with van der Waals surface area (Å²) in [4.78, 5) is 12.8. The highest BCUT2D eigenvalue weighted by Gasteiger charge is 2.43. The molecule has 1 unspecified atom stereocenters. The fourth-order valence-corrected chi connectivity index (χ4v) is 4.95. The first-order valence-electron chi connectivity index (χ1n) is 11.8. The van der Waals surface area contributed by atoms with Gasteiger partial charge in [0.15, 0.2) is 0 Å². The second-order valence-electron chi connectivity index (χ2n) is 9.58. The minimum atomic E-state index is 0.109. The average molecular weight is 429 g/mol. The number of nitrogens with one attached hydrogen (secondary N) is 2. The summed E-state index contributed by atoms with van der Waals surface area (Å²) in [6.45, 7) is 7.78. The first-order valence-corrected chi connectivity index (χ1v) is 11.8. The Morgan fingerprint density at radius 3 is 2.84 bits per heavy atom. The molecule has 2 N–H and O–H groups in total. The third-order valence-corrected chi connectivity index (χ3v) is 6.69. The summed E-state index contributed by atoms with van der Waals surface area (Å²) in [5, 5.41) is 11.3. The molecule has 5 nitrogen and oxygen atoms in total. The van der Waals surface area contributed by atoms with E-state index in [2.05, 4.69) is 72.2 Å². The molecule has 5 rings (SSSR count). The van der Waals surface area contributed by atoms with Crippen molar-refractivity contribution in [1.29, 1.82) is 0 Å². The first kappa shape index (κ1) is 21.0. The van der Waals surface area contributed by atoms with Gasteiger partial charge in [0.25, 0.3) is 0 Å². The fourth-order valence-electron chi connectivity index (χ4n) is 4.95. The van der Waals surface area contributed by atoms with Crippen molar-refractivity contribution in [3.63, 3.8) is 0 Å². The molecule has 1 aromatic heterocycles. The van der Waals surface area contributed by atoms with E-state index in [1.54, 1.807) is 0 Å². The van der Waals surface area contributed by atoms with Crippen LogP contribution in [-0.4, -0.2) is 22.2 Å². The van der Waals surface area contributed by atoms with Crippen molar-refractivity contribution < 1.29 is 4.79 Å². The van der Waals surface area contributed by atoms with Gasteiger partial charge in [0.2, 0.25) is 5.91 Å². The van der Waals surface area contributed by atoms with Crippen LogP contribution in [0.4, 0.5) is 0 Å². The average Bonchev–Trinajstić information content (AvgIpc) is 3.49. The molecule has 2 atom stereocenters. The van der Waals surface area contributed by atoms with Crippen LogP contribution in [0.2, 0.25) is 0 Å². The number of fused-ring (bicyclic) bond motifs is 1. The molecule has 2 heterocycles. The maximum absolute atomic E-state index is 12.8. The third kappa shape index (κ3) is 4.35. The summed E-state index contributed by atoms with van der Waals surface area (Å²) < 4.78 is 2.04. The van der Waals surface area contributed by atoms with E-state index in [1.165, 1.54) is 33.4 Å². The standard InChI is InChI=1S/C27H32N4O/c1-18(2)16-31-17-21(14-30-31)22-9-8-20(26-15-28-11-10-23(22)26)13-29-27(32)25-12-24(25)19-6-4-3-5-7-19/h3-9,14,17-18,24-25,28H,10-13,15-16H2,1-2H3,(H,29,32)/t24-,25?/m0/s1. The Balaban J connectivity index is 1.30. The number of nitrogens with zero attached hydrogens (tertiary/aromatic N) is 2. The summed E-state index contributed by atoms with van der Waals surface area (Å²) in [7, 11) is 0. The number of carbonyl (C=O) groups is 1. The van der Waals surface area contributed by atoms with E-state index < -0.39 is 0 Å². The molecule has 0 radical (unpaired) electrons. The number of hydrogen-bond donors (Lipinski definition) is 2. The van der Waals surface area contributed by atoms with Crippen LogP contribution in [0.3, 0.4) is 0 Å². The highest BCUT2D eigenvalue weighted by molar-refractivity contribution is 5.83. The zero-order valence-electron chi connectivity index (χ0n) is 19.0. The van der Waals surface area contributed by atoms with Gasteiger partial charge in [-0.25, -0.2) is 0 Å². The summed E-state index contributed by atoms with van der Waals surface area (Å²) in [6, 6.07) is 14.8. The minimum Gasteiger partial charge on any atom is -0.352 e. The van der Waals surface area contributed by atoms with Crippen molar-refractivity contribution in [2.24, 2.45) is 11.8 Å². The highest BCUT2D eigenvalue weighted by atomic mass is 16.2. The number of aromatic nitrogens is 2. The van der Waals surface area contributed by atoms with Crippen LogP contribution in [0.1, 0.15) is 48.4 Å². The van der Waals surface area contributed by atoms with Crippen LogP contribution in [0.25, 0.3) is 11.1 Å². The van der Waals surface area contributed by atoms with Gasteiger partial charge in [0, 0.05) is 37.3 Å². The lowest BCUT2D eigenvalue weighted by atomic mass is 9.89. The van der Waals surface area contributed by atoms with Crippen LogP contribution in [0.5, 0.6) is 0 Å². The number of carbonyl (C=O) groups excluding carboxylic acids is 1. The number of benzene rings is 2. The van der Waals surface area contributed by atoms with Crippen molar-refractivity contribution in [3.8, 4) is 11.1 Å². The largest absolute Gasteiger partial charge is 0.352 e. The van der Waals surface area contributed by atoms with Gasteiger partial charge in [-0.1, -0.05) is 56.3 Å². The number of rotatable bonds is 7. The first-order chi connectivity index (χ1) is 15.6. The molecule has 2 aliphatic rings. The van der Waals surface area contributed by atoms with Gasteiger partial charge >= 0.3 is 0 Å². The zero-order valence-corrected chi connectivity index (χ0v) is 19.0. The molecule has 1 saturated carbocycles. The Labute approximate surface area is 190 Å². The molecule has 0 saturated heterocycles. The second kappa shape index (κ2) is 8.91. The van der Waals surface area contributed by atoms with Gasteiger partial charge in [0.1, 0.15) is 0 Å². The Morgan fingerprint density at radius 2 is 2.03 bits per heavy atom. The fraction of sp³-hybridized carbons (Fsp3) is 0.407. The molecule has 1 aliphatic carbocycles. The van der Waals surface area contributed by atoms with Crippen molar-refractivity contribution in [1.82, 2.24) is 20.4 Å². The smallest absolute Gasteiger partial charge is 0.224 e. The van der Waals surface area contributed by atoms with E-state index in [0.717, 1.165) is 32.5 Å². The van der Waals surface area contributed by atoms with Gasteiger partial charge in [-0.2, -0.15) is 5.10 Å². The summed E-state index contributed by atoms with van der Waals surface area (Å²) in [5.41, 5.74) is 7.68. The molecule has 0 bridgehead atoms. The van der Waals surface area contributed by atoms with Crippen molar-refractivity contribution >= 4 is 5.91 Å². The lowest BCUT2D eigenvalue weighted by Crippen LogP contribution is -2.29. The van der Waals surface area contributed by atoms with Gasteiger partial charge < -0.3 is 10.6 Å². The van der Waals surface area contributed by atoms with Gasteiger partial charge in [0.05, 0.1) is 6.20 Å². The molecular weight excluding hydrogens is 396 g/mol. The zero-order chi connectivity index (χ0) is 22.1. The van der Waals surface area contributed by atoms with Crippen LogP contribution in [0.15, 0.2) is 54.9 Å². The van der Waals surface area contributed by atoms with Gasteiger partial charge in [-0.05, 0) is 59.0 Å². The molecule has 2 aromatic carbocycles. The maximum atomic E-state index is 12.8. The van der Waals surface area contributed by atoms with Crippen LogP contribution in [0, 0.1) is 11.8 Å². The monoisotopic (exact) mass is 428 g/mol. The van der Waals surface area contributed by atoms with Gasteiger partial charge in [-0.3, -0.25) is 9.48 Å². The van der Waals surface area contributed by atoms with Crippen LogP contribution in [-0.2, 0) is 30.8 Å². The van der Waals surface area contributed by atoms with Crippen molar-refractivity contribution in [3.05, 3.63) is 77.1 Å². The molecule has 1 amide bonds. The van der Waals surface area contributed by atoms with E-state index in [-0.39, 0.29) is 11.8 Å². The molecule has 32 heavy (non-hydrogen) atoms. The minimum absolute atomic E-state index is 0.109. The summed E-state index contributed by atoms with van der Waals surface area (Å²) in [5.74, 6) is 1.23. The molecule has 1 fully saturated rings. The second-order valence-corrected chi connectivity index (χ2v) is 9.58. The predicted molar refractivity (Wildman–Crippen MR) is 127 cm³/mol. The molecule has 166 valence electrons. The van der Waals surface area contributed by atoms with Crippen LogP contribution < -0.4 is 10.6 Å². The maximum Gasteiger partial charge on any atom is 0.224 e. The quantitative estimate of drug-likeness (QED) is 0.591. The van der Waals surface area contributed by atoms with Crippen LogP contribution >= 0.6 is 0 Å². The van der Waals surface area contributed by atoms with E-state index in [1.807, 2.05) is 16.9 Å². The number of amides is 1. The molecule has 0 spiro atoms. The lowest BCUT2D eigenvalue weighted by Gasteiger charge is -2.23. The summed E-state index contributed by atoms with van der Waals surface area (Å²) >= 11 is 0. The normalized spacial score (nSPS) is 19.6. The Hall–Kier alpha value is -2.92. The Morgan fingerprint density at radius 1 is 1.19 bits per heavy atom. The van der Waals surface area contributed by atoms with Crippen molar-refractivity contribution in [2.45, 2.75) is 52.2 Å². The van der Waals surface area contributed by atoms with Crippen molar-refractivity contribution in [2.75, 3.05) is 6.54 Å². The lowest BCUT2D eigenvalue weighted by molar-refractivity contribution is -0.122. The predicted octanol–water partition coefficient (Wildman–Crippen LogP) is 4.27. The van der Waals surface area contributed by atoms with E-state index in [4.69, 9.17) is 0 Å². The molecular formula is C27H32N4O. The SMILES string of the molecule is CC(C)Cn1cc(-c2ccc(CNC(=O)C3C[C@H]3c3ccccc3)c3c2CCNC3)cn1. The van der Waals surface area contributed by atoms with E-state index in [0.29, 0.717) is 18.4 Å². The van der Waals surface area contributed by atoms with E-state index in [9.17, 15) is 4.79 Å². The Bertz CT molecular complexity index is 1100. The molecule has 1 aliphatic heterocycles.